The van der Waals surface area contributed by atoms with Crippen LogP contribution in [-0.4, -0.2) is 3.71 Å². The normalized spacial score (nSPS) is 12.0. The molecule has 0 fully saturated rings. The van der Waals surface area contributed by atoms with Crippen LogP contribution < -0.4 is 0 Å². The van der Waals surface area contributed by atoms with Gasteiger partial charge in [-0.1, -0.05) is 75.9 Å². The summed E-state index contributed by atoms with van der Waals surface area (Å²) in [7, 11) is 0. The van der Waals surface area contributed by atoms with Crippen molar-refractivity contribution in [1.82, 2.24) is 0 Å². The molecule has 0 atom stereocenters. The molecular formula is C38H46Zr. The summed E-state index contributed by atoms with van der Waals surface area (Å²) in [5, 5.41) is 5.55. The first-order valence-electron chi connectivity index (χ1n) is 14.0. The maximum Gasteiger partial charge on any atom is -0.0142 e. The molecule has 0 bridgehead atoms. The van der Waals surface area contributed by atoms with E-state index in [1.54, 1.807) is 0 Å². The van der Waals surface area contributed by atoms with Gasteiger partial charge < -0.3 is 0 Å². The van der Waals surface area contributed by atoms with Gasteiger partial charge in [-0.15, -0.1) is 39.7 Å². The fourth-order valence-corrected chi connectivity index (χ4v) is 5.63. The van der Waals surface area contributed by atoms with Gasteiger partial charge in [0.25, 0.3) is 0 Å². The van der Waals surface area contributed by atoms with E-state index in [9.17, 15) is 0 Å². The molecule has 0 radical (unpaired) electrons. The van der Waals surface area contributed by atoms with Crippen LogP contribution in [0.3, 0.4) is 0 Å². The minimum atomic E-state index is 0.180. The Morgan fingerprint density at radius 1 is 0.615 bits per heavy atom. The van der Waals surface area contributed by atoms with Crippen molar-refractivity contribution in [1.29, 1.82) is 0 Å². The molecule has 0 amide bonds. The monoisotopic (exact) mass is 592 g/mol. The molecule has 0 spiro atoms. The first-order chi connectivity index (χ1) is 18.1. The maximum absolute atomic E-state index is 2.43. The van der Waals surface area contributed by atoms with Gasteiger partial charge in [-0.05, 0) is 24.7 Å². The molecule has 0 heterocycles. The first kappa shape index (κ1) is 31.2. The van der Waals surface area contributed by atoms with E-state index in [2.05, 4.69) is 134 Å². The van der Waals surface area contributed by atoms with Crippen molar-refractivity contribution < 1.29 is 24.2 Å². The molecule has 0 saturated heterocycles. The number of hydrogen-bond donors (Lipinski definition) is 0. The fourth-order valence-electron chi connectivity index (χ4n) is 5.22. The summed E-state index contributed by atoms with van der Waals surface area (Å²) in [6.07, 6.45) is 0. The Bertz CT molecular complexity index is 1400. The van der Waals surface area contributed by atoms with Crippen molar-refractivity contribution in [3.63, 3.8) is 0 Å². The van der Waals surface area contributed by atoms with Crippen molar-refractivity contribution in [2.75, 3.05) is 0 Å². The Morgan fingerprint density at radius 2 is 1.05 bits per heavy atom. The van der Waals surface area contributed by atoms with Gasteiger partial charge in [-0.2, -0.15) is 18.2 Å². The van der Waals surface area contributed by atoms with E-state index in [4.69, 9.17) is 0 Å². The predicted octanol–water partition coefficient (Wildman–Crippen LogP) is 10.6. The molecule has 5 rings (SSSR count). The zero-order valence-corrected chi connectivity index (χ0v) is 28.2. The zero-order chi connectivity index (χ0) is 29.0. The third-order valence-electron chi connectivity index (χ3n) is 7.44. The van der Waals surface area contributed by atoms with Crippen LogP contribution in [0.2, 0.25) is 0 Å². The molecular weight excluding hydrogens is 548 g/mol. The van der Waals surface area contributed by atoms with Crippen molar-refractivity contribution in [3.8, 4) is 0 Å². The van der Waals surface area contributed by atoms with Crippen molar-refractivity contribution >= 4 is 25.3 Å². The maximum atomic E-state index is 2.43. The van der Waals surface area contributed by atoms with Crippen molar-refractivity contribution in [2.45, 2.75) is 85.5 Å². The Hall–Kier alpha value is -2.37. The average Bonchev–Trinajstić information content (AvgIpc) is 3.54. The number of benzene rings is 3. The van der Waals surface area contributed by atoms with Gasteiger partial charge >= 0.3 is 83.1 Å². The molecule has 0 N–H and O–H groups in total. The van der Waals surface area contributed by atoms with Gasteiger partial charge in [0.2, 0.25) is 0 Å². The van der Waals surface area contributed by atoms with Crippen molar-refractivity contribution in [3.05, 3.63) is 119 Å². The van der Waals surface area contributed by atoms with Crippen LogP contribution in [0.25, 0.3) is 21.5 Å². The van der Waals surface area contributed by atoms with E-state index in [1.807, 2.05) is 30.3 Å². The minimum absolute atomic E-state index is 0.180. The van der Waals surface area contributed by atoms with Crippen LogP contribution >= 0.6 is 0 Å². The van der Waals surface area contributed by atoms with Gasteiger partial charge in [0.15, 0.2) is 0 Å². The Morgan fingerprint density at radius 3 is 1.38 bits per heavy atom. The van der Waals surface area contributed by atoms with E-state index < -0.39 is 0 Å². The Kier molecular flexibility index (Phi) is 9.93. The van der Waals surface area contributed by atoms with Crippen LogP contribution in [0.15, 0.2) is 91.0 Å². The van der Waals surface area contributed by atoms with Crippen LogP contribution in [-0.2, 0) is 40.5 Å². The Labute approximate surface area is 252 Å². The quantitative estimate of drug-likeness (QED) is 0.179. The summed E-state index contributed by atoms with van der Waals surface area (Å²) < 4.78 is 2.31. The molecule has 0 aliphatic heterocycles. The summed E-state index contributed by atoms with van der Waals surface area (Å²) in [6.45, 7) is 22.8. The second-order valence-electron chi connectivity index (χ2n) is 13.3. The van der Waals surface area contributed by atoms with Gasteiger partial charge in [-0.3, -0.25) is 0 Å². The SMILES string of the molecule is CC(C)([CH]=[Zr+2])c1ccccc1.Cc1cc2[cH-]c3cc(C)c(C(C)(C)C)cc3c2cc1C(C)(C)C.c1cc[cH-]c1. The average molecular weight is 594 g/mol. The third-order valence-corrected chi connectivity index (χ3v) is 9.22. The zero-order valence-electron chi connectivity index (χ0n) is 25.7. The molecule has 0 saturated carbocycles. The summed E-state index contributed by atoms with van der Waals surface area (Å²) >= 11 is 1.49. The summed E-state index contributed by atoms with van der Waals surface area (Å²) in [5.74, 6) is 0. The van der Waals surface area contributed by atoms with E-state index in [0.717, 1.165) is 0 Å². The number of aryl methyl sites for hydroxylation is 2. The van der Waals surface area contributed by atoms with E-state index >= 15 is 0 Å². The molecule has 39 heavy (non-hydrogen) atoms. The summed E-state index contributed by atoms with van der Waals surface area (Å²) in [6, 6.07) is 32.5. The number of fused-ring (bicyclic) bond motifs is 3. The van der Waals surface area contributed by atoms with Crippen LogP contribution in [0, 0.1) is 13.8 Å². The molecule has 202 valence electrons. The summed E-state index contributed by atoms with van der Waals surface area (Å²) in [4.78, 5) is 0. The van der Waals surface area contributed by atoms with Crippen LogP contribution in [0.4, 0.5) is 0 Å². The molecule has 5 aromatic carbocycles. The van der Waals surface area contributed by atoms with Crippen LogP contribution in [0.5, 0.6) is 0 Å². The largest absolute Gasteiger partial charge is 0.214 e. The van der Waals surface area contributed by atoms with Gasteiger partial charge in [0.1, 0.15) is 0 Å². The topological polar surface area (TPSA) is 0 Å². The standard InChI is InChI=1S/C23H29.C10H12.C5H5.Zr/c1-14-9-16-11-17-10-15(2)21(23(6,7)8)13-19(17)18(16)12-20(14)22(3,4)5;1-10(2,3)9-7-5-4-6-8-9;1-2-4-5-3-1;/h9-13H,1-8H3;1,4-8H,2-3H3;1-5H;/q-1;;-1;+2. The minimum Gasteiger partial charge on any atom is -0.214 e. The second-order valence-corrected chi connectivity index (χ2v) is 14.1. The fraction of sp³-hybridized carbons (Fsp3) is 0.342. The smallest absolute Gasteiger partial charge is 0.0142 e. The first-order valence-corrected chi connectivity index (χ1v) is 15.5. The Balaban J connectivity index is 0.000000215. The third kappa shape index (κ3) is 7.86. The summed E-state index contributed by atoms with van der Waals surface area (Å²) in [5.41, 5.74) is 7.71. The molecule has 0 nitrogen and oxygen atoms in total. The molecule has 1 heteroatoms. The molecule has 0 aliphatic rings. The molecule has 0 unspecified atom stereocenters. The molecule has 0 aliphatic carbocycles. The van der Waals surface area contributed by atoms with Crippen molar-refractivity contribution in [2.24, 2.45) is 0 Å². The molecule has 5 aromatic rings. The van der Waals surface area contributed by atoms with E-state index in [1.165, 1.54) is 73.6 Å². The number of hydrogen-bond acceptors (Lipinski definition) is 0. The van der Waals surface area contributed by atoms with E-state index in [0.29, 0.717) is 0 Å². The van der Waals surface area contributed by atoms with Gasteiger partial charge in [0.05, 0.1) is 0 Å². The second kappa shape index (κ2) is 12.4. The van der Waals surface area contributed by atoms with Crippen LogP contribution in [0.1, 0.15) is 83.2 Å². The van der Waals surface area contributed by atoms with E-state index in [-0.39, 0.29) is 16.2 Å². The van der Waals surface area contributed by atoms with Gasteiger partial charge in [0, 0.05) is 0 Å². The predicted molar refractivity (Wildman–Crippen MR) is 171 cm³/mol. The van der Waals surface area contributed by atoms with Gasteiger partial charge in [-0.25, -0.2) is 12.1 Å². The number of rotatable bonds is 2. The molecule has 0 aromatic heterocycles.